The Balaban J connectivity index is 2.26. The van der Waals surface area contributed by atoms with Crippen LogP contribution in [0.1, 0.15) is 25.0 Å². The van der Waals surface area contributed by atoms with Gasteiger partial charge in [-0.3, -0.25) is 0 Å². The van der Waals surface area contributed by atoms with Crippen LogP contribution in [0.4, 0.5) is 11.5 Å². The van der Waals surface area contributed by atoms with E-state index >= 15 is 0 Å². The highest BCUT2D eigenvalue weighted by molar-refractivity contribution is 5.63. The summed E-state index contributed by atoms with van der Waals surface area (Å²) in [5.41, 5.74) is 9.48. The fourth-order valence-electron chi connectivity index (χ4n) is 2.39. The fourth-order valence-corrected chi connectivity index (χ4v) is 2.39. The number of hydrogen-bond donors (Lipinski definition) is 1. The summed E-state index contributed by atoms with van der Waals surface area (Å²) in [5.74, 6) is 0.982. The van der Waals surface area contributed by atoms with Gasteiger partial charge >= 0.3 is 0 Å². The van der Waals surface area contributed by atoms with Crippen LogP contribution in [0.5, 0.6) is 0 Å². The van der Waals surface area contributed by atoms with Crippen molar-refractivity contribution >= 4 is 11.5 Å². The van der Waals surface area contributed by atoms with Gasteiger partial charge in [0.25, 0.3) is 0 Å². The normalized spacial score (nSPS) is 12.2. The van der Waals surface area contributed by atoms with Gasteiger partial charge in [-0.1, -0.05) is 24.3 Å². The van der Waals surface area contributed by atoms with Crippen LogP contribution < -0.4 is 10.6 Å². The lowest BCUT2D eigenvalue weighted by Gasteiger charge is -2.24. The van der Waals surface area contributed by atoms with E-state index in [4.69, 9.17) is 5.73 Å². The van der Waals surface area contributed by atoms with Crippen LogP contribution in [0.15, 0.2) is 42.6 Å². The average Bonchev–Trinajstić information content (AvgIpc) is 2.43. The third kappa shape index (κ3) is 3.36. The monoisotopic (exact) mass is 269 g/mol. The molecule has 0 aliphatic heterocycles. The second-order valence-corrected chi connectivity index (χ2v) is 5.24. The van der Waals surface area contributed by atoms with E-state index in [-0.39, 0.29) is 6.04 Å². The van der Waals surface area contributed by atoms with E-state index in [1.54, 1.807) is 0 Å². The predicted molar refractivity (Wildman–Crippen MR) is 85.4 cm³/mol. The Morgan fingerprint density at radius 3 is 2.50 bits per heavy atom. The maximum absolute atomic E-state index is 5.82. The van der Waals surface area contributed by atoms with Crippen molar-refractivity contribution in [3.63, 3.8) is 0 Å². The summed E-state index contributed by atoms with van der Waals surface area (Å²) in [7, 11) is 0. The summed E-state index contributed by atoms with van der Waals surface area (Å²) in [6.07, 6.45) is 2.80. The molecular formula is C17H23N3. The third-order valence-electron chi connectivity index (χ3n) is 3.37. The predicted octanol–water partition coefficient (Wildman–Crippen LogP) is 3.44. The molecule has 0 saturated carbocycles. The molecule has 0 fully saturated rings. The van der Waals surface area contributed by atoms with Gasteiger partial charge in [0.2, 0.25) is 0 Å². The van der Waals surface area contributed by atoms with Crippen LogP contribution in [-0.2, 0) is 6.42 Å². The lowest BCUT2D eigenvalue weighted by Crippen LogP contribution is -2.20. The van der Waals surface area contributed by atoms with Gasteiger partial charge in [-0.15, -0.1) is 0 Å². The van der Waals surface area contributed by atoms with Gasteiger partial charge in [-0.2, -0.15) is 0 Å². The van der Waals surface area contributed by atoms with E-state index in [9.17, 15) is 0 Å². The zero-order chi connectivity index (χ0) is 14.5. The second-order valence-electron chi connectivity index (χ2n) is 5.24. The van der Waals surface area contributed by atoms with E-state index in [0.717, 1.165) is 18.8 Å². The van der Waals surface area contributed by atoms with Gasteiger partial charge in [-0.05, 0) is 50.5 Å². The quantitative estimate of drug-likeness (QED) is 0.904. The molecule has 1 heterocycles. The molecule has 1 atom stereocenters. The Morgan fingerprint density at radius 2 is 1.95 bits per heavy atom. The summed E-state index contributed by atoms with van der Waals surface area (Å²) in [5, 5.41) is 0. The number of aryl methyl sites for hydroxylation is 1. The highest BCUT2D eigenvalue weighted by Gasteiger charge is 2.10. The number of aromatic nitrogens is 1. The molecule has 3 heteroatoms. The number of hydrogen-bond acceptors (Lipinski definition) is 3. The van der Waals surface area contributed by atoms with Gasteiger partial charge in [0.05, 0.1) is 0 Å². The van der Waals surface area contributed by atoms with Gasteiger partial charge in [-0.25, -0.2) is 4.98 Å². The maximum atomic E-state index is 5.82. The summed E-state index contributed by atoms with van der Waals surface area (Å²) >= 11 is 0. The minimum Gasteiger partial charge on any atom is -0.328 e. The number of nitrogens with two attached hydrogens (primary N) is 1. The molecule has 0 aliphatic rings. The van der Waals surface area contributed by atoms with Gasteiger partial charge in [0, 0.05) is 24.5 Å². The van der Waals surface area contributed by atoms with Crippen molar-refractivity contribution in [3.05, 3.63) is 53.7 Å². The van der Waals surface area contributed by atoms with E-state index in [2.05, 4.69) is 60.1 Å². The molecule has 1 aromatic carbocycles. The summed E-state index contributed by atoms with van der Waals surface area (Å²) < 4.78 is 0. The Morgan fingerprint density at radius 1 is 1.20 bits per heavy atom. The van der Waals surface area contributed by atoms with Crippen LogP contribution in [0.25, 0.3) is 0 Å². The molecule has 0 spiro atoms. The SMILES string of the molecule is CCN(c1ccc(CC(C)N)cn1)c1ccccc1C. The molecule has 20 heavy (non-hydrogen) atoms. The van der Waals surface area contributed by atoms with E-state index < -0.39 is 0 Å². The molecular weight excluding hydrogens is 246 g/mol. The Bertz CT molecular complexity index is 546. The lowest BCUT2D eigenvalue weighted by atomic mass is 10.1. The Kier molecular flexibility index (Phi) is 4.74. The molecule has 2 rings (SSSR count). The first kappa shape index (κ1) is 14.5. The first-order valence-corrected chi connectivity index (χ1v) is 7.15. The molecule has 0 saturated heterocycles. The second kappa shape index (κ2) is 6.53. The van der Waals surface area contributed by atoms with Crippen LogP contribution in [0, 0.1) is 6.92 Å². The van der Waals surface area contributed by atoms with Gasteiger partial charge in [0.15, 0.2) is 0 Å². The summed E-state index contributed by atoms with van der Waals surface area (Å²) in [6, 6.07) is 12.8. The van der Waals surface area contributed by atoms with Crippen molar-refractivity contribution in [1.29, 1.82) is 0 Å². The number of rotatable bonds is 5. The van der Waals surface area contributed by atoms with Crippen LogP contribution >= 0.6 is 0 Å². The number of para-hydroxylation sites is 1. The first-order chi connectivity index (χ1) is 9.61. The molecule has 0 radical (unpaired) electrons. The fraction of sp³-hybridized carbons (Fsp3) is 0.353. The highest BCUT2D eigenvalue weighted by atomic mass is 15.2. The molecule has 3 nitrogen and oxygen atoms in total. The topological polar surface area (TPSA) is 42.1 Å². The molecule has 0 amide bonds. The molecule has 1 unspecified atom stereocenters. The maximum Gasteiger partial charge on any atom is 0.132 e. The van der Waals surface area contributed by atoms with E-state index in [1.165, 1.54) is 16.8 Å². The van der Waals surface area contributed by atoms with Crippen LogP contribution in [0.3, 0.4) is 0 Å². The summed E-state index contributed by atoms with van der Waals surface area (Å²) in [6.45, 7) is 7.18. The standard InChI is InChI=1S/C17H23N3/c1-4-20(16-8-6-5-7-13(16)2)17-10-9-15(12-19-17)11-14(3)18/h5-10,12,14H,4,11,18H2,1-3H3. The largest absolute Gasteiger partial charge is 0.328 e. The van der Waals surface area contributed by atoms with Crippen molar-refractivity contribution in [3.8, 4) is 0 Å². The zero-order valence-corrected chi connectivity index (χ0v) is 12.5. The lowest BCUT2D eigenvalue weighted by molar-refractivity contribution is 0.735. The number of nitrogens with zero attached hydrogens (tertiary/aromatic N) is 2. The third-order valence-corrected chi connectivity index (χ3v) is 3.37. The molecule has 106 valence electrons. The molecule has 2 aromatic rings. The minimum absolute atomic E-state index is 0.168. The number of anilines is 2. The van der Waals surface area contributed by atoms with Crippen LogP contribution in [0.2, 0.25) is 0 Å². The van der Waals surface area contributed by atoms with Crippen molar-refractivity contribution in [2.24, 2.45) is 5.73 Å². The van der Waals surface area contributed by atoms with Crippen molar-refractivity contribution in [2.45, 2.75) is 33.2 Å². The molecule has 2 N–H and O–H groups in total. The average molecular weight is 269 g/mol. The number of benzene rings is 1. The molecule has 0 aliphatic carbocycles. The van der Waals surface area contributed by atoms with Gasteiger partial charge < -0.3 is 10.6 Å². The zero-order valence-electron chi connectivity index (χ0n) is 12.5. The van der Waals surface area contributed by atoms with Crippen molar-refractivity contribution in [2.75, 3.05) is 11.4 Å². The van der Waals surface area contributed by atoms with Crippen LogP contribution in [-0.4, -0.2) is 17.6 Å². The smallest absolute Gasteiger partial charge is 0.132 e. The highest BCUT2D eigenvalue weighted by Crippen LogP contribution is 2.26. The minimum atomic E-state index is 0.168. The van der Waals surface area contributed by atoms with Crippen molar-refractivity contribution < 1.29 is 0 Å². The summed E-state index contributed by atoms with van der Waals surface area (Å²) in [4.78, 5) is 6.82. The molecule has 1 aromatic heterocycles. The van der Waals surface area contributed by atoms with Crippen molar-refractivity contribution in [1.82, 2.24) is 4.98 Å². The Labute approximate surface area is 121 Å². The van der Waals surface area contributed by atoms with E-state index in [1.807, 2.05) is 13.1 Å². The number of pyridine rings is 1. The first-order valence-electron chi connectivity index (χ1n) is 7.15. The Hall–Kier alpha value is -1.87. The van der Waals surface area contributed by atoms with Gasteiger partial charge in [0.1, 0.15) is 5.82 Å². The van der Waals surface area contributed by atoms with E-state index in [0.29, 0.717) is 0 Å². The molecule has 0 bridgehead atoms.